The number of ether oxygens (including phenoxy) is 2. The molecule has 4 aliphatic heterocycles. The van der Waals surface area contributed by atoms with Gasteiger partial charge in [0.2, 0.25) is 5.91 Å². The zero-order valence-corrected chi connectivity index (χ0v) is 44.9. The fourth-order valence-electron chi connectivity index (χ4n) is 10.8. The second-order valence-electron chi connectivity index (χ2n) is 21.9. The number of aryl methyl sites for hydroxylation is 1. The van der Waals surface area contributed by atoms with Gasteiger partial charge in [-0.25, -0.2) is 20.0 Å². The molecule has 1 aliphatic carbocycles. The second kappa shape index (κ2) is 23.6. The Labute approximate surface area is 436 Å². The number of cyclic esters (lactones) is 1. The highest BCUT2D eigenvalue weighted by atomic mass is 16.5. The minimum Gasteiger partial charge on any atom is -0.464 e. The lowest BCUT2D eigenvalue weighted by atomic mass is 9.82. The largest absolute Gasteiger partial charge is 0.464 e. The van der Waals surface area contributed by atoms with Crippen molar-refractivity contribution in [1.29, 1.82) is 0 Å². The topological polar surface area (TPSA) is 208 Å². The Morgan fingerprint density at radius 2 is 1.81 bits per heavy atom. The van der Waals surface area contributed by atoms with Crippen molar-refractivity contribution >= 4 is 52.8 Å². The van der Waals surface area contributed by atoms with Gasteiger partial charge in [-0.1, -0.05) is 45.9 Å². The van der Waals surface area contributed by atoms with Crippen molar-refractivity contribution in [3.63, 3.8) is 0 Å². The number of rotatable bonds is 11. The lowest BCUT2D eigenvalue weighted by molar-refractivity contribution is -0.155. The quantitative estimate of drug-likeness (QED) is 0.154. The van der Waals surface area contributed by atoms with Gasteiger partial charge in [0.05, 0.1) is 18.4 Å². The van der Waals surface area contributed by atoms with E-state index in [0.29, 0.717) is 76.5 Å². The van der Waals surface area contributed by atoms with E-state index in [1.165, 1.54) is 14.6 Å². The van der Waals surface area contributed by atoms with Gasteiger partial charge < -0.3 is 35.2 Å². The molecule has 400 valence electrons. The lowest BCUT2D eigenvalue weighted by Gasteiger charge is -2.40. The molecule has 3 fully saturated rings. The predicted molar refractivity (Wildman–Crippen MR) is 283 cm³/mol. The van der Waals surface area contributed by atoms with E-state index in [0.717, 1.165) is 58.5 Å². The Hall–Kier alpha value is -6.18. The molecule has 2 saturated heterocycles. The van der Waals surface area contributed by atoms with Crippen LogP contribution in [0.25, 0.3) is 17.2 Å². The number of pyridine rings is 1. The average molecular weight is 1020 g/mol. The summed E-state index contributed by atoms with van der Waals surface area (Å²) >= 11 is 0. The van der Waals surface area contributed by atoms with E-state index in [1.54, 1.807) is 32.2 Å². The van der Waals surface area contributed by atoms with Gasteiger partial charge in [0, 0.05) is 94.8 Å². The Kier molecular flexibility index (Phi) is 17.2. The van der Waals surface area contributed by atoms with E-state index < -0.39 is 35.4 Å². The third kappa shape index (κ3) is 12.8. The molecule has 0 spiro atoms. The molecule has 2 unspecified atom stereocenters. The number of carbonyl (C=O) groups is 5. The highest BCUT2D eigenvalue weighted by molar-refractivity contribution is 5.93. The van der Waals surface area contributed by atoms with Crippen LogP contribution in [0.5, 0.6) is 0 Å². The van der Waals surface area contributed by atoms with Crippen LogP contribution < -0.4 is 21.4 Å². The van der Waals surface area contributed by atoms with Crippen molar-refractivity contribution in [1.82, 2.24) is 55.5 Å². The molecule has 5 aliphatic rings. The molecular weight excluding hydrogens is 941 g/mol. The SMILES string of the molecule is CCNc1ccc2cc1/C(=C/c1cccnc1[C@H](C)OC)CC(C)(C)COC(=O)[C@@H]1CCCN(N1)C(=O)[C@@H](NC(=O)[C@H](C(C)C)N(C)C(=O)N1CCCC(NC(=O)n3nc(C)nc3C3CC3)C1)CN1CCC=C2C1. The van der Waals surface area contributed by atoms with Crippen LogP contribution in [-0.4, -0.2) is 160 Å². The van der Waals surface area contributed by atoms with Crippen molar-refractivity contribution in [3.05, 3.63) is 76.6 Å². The molecule has 1 saturated carbocycles. The number of hydrazine groups is 1. The Morgan fingerprint density at radius 3 is 2.55 bits per heavy atom. The summed E-state index contributed by atoms with van der Waals surface area (Å²) in [6, 6.07) is 6.67. The summed E-state index contributed by atoms with van der Waals surface area (Å²) in [5.74, 6) is -0.192. The molecule has 6 heterocycles. The summed E-state index contributed by atoms with van der Waals surface area (Å²) in [5, 5.41) is 15.6. The molecule has 74 heavy (non-hydrogen) atoms. The van der Waals surface area contributed by atoms with Gasteiger partial charge >= 0.3 is 18.0 Å². The van der Waals surface area contributed by atoms with Crippen molar-refractivity contribution in [2.24, 2.45) is 11.3 Å². The molecule has 19 heteroatoms. The number of likely N-dealkylation sites (N-methyl/N-ethyl adjacent to an activating group) is 1. The number of anilines is 1. The Balaban J connectivity index is 1.06. The van der Waals surface area contributed by atoms with Gasteiger partial charge in [-0.2, -0.15) is 4.68 Å². The normalized spacial score (nSPS) is 24.0. The third-order valence-corrected chi connectivity index (χ3v) is 14.9. The third-order valence-electron chi connectivity index (χ3n) is 14.9. The van der Waals surface area contributed by atoms with Crippen LogP contribution in [0.15, 0.2) is 42.6 Å². The maximum Gasteiger partial charge on any atom is 0.344 e. The zero-order chi connectivity index (χ0) is 52.8. The number of amides is 5. The first kappa shape index (κ1) is 54.1. The molecule has 0 radical (unpaired) electrons. The van der Waals surface area contributed by atoms with E-state index in [4.69, 9.17) is 14.5 Å². The minimum atomic E-state index is -1.04. The standard InChI is InChI=1S/C55H78N12O7/c1-10-56-44-22-21-38-28-43(44)41(27-39-15-11-23-57-47(39)35(4)73-9)29-55(6,7)33-74-52(70)45-18-14-26-66(62-45)51(69)46(32-64-24-12-16-40(38)30-64)60-50(68)48(34(2)3)63(8)54(72)65-25-13-17-42(31-65)59-53(71)67-49(37-19-20-37)58-36(5)61-67/h11,15-16,21-23,27-28,34-35,37,42,45-46,48,56,62H,10,12-14,17-20,24-26,29-33H2,1-9H3,(H,59,71)(H,60,68)/b41-27+/t35-,42?,45-,46-,48-/m0/s1. The number of fused-ring (bicyclic) bond motifs is 7. The van der Waals surface area contributed by atoms with Gasteiger partial charge in [0.25, 0.3) is 5.91 Å². The van der Waals surface area contributed by atoms with Crippen molar-refractivity contribution in [3.8, 4) is 0 Å². The van der Waals surface area contributed by atoms with Crippen LogP contribution in [0.3, 0.4) is 0 Å². The number of carbonyl (C=O) groups excluding carboxylic acids is 5. The number of methoxy groups -OCH3 is 1. The maximum absolute atomic E-state index is 14.9. The van der Waals surface area contributed by atoms with Crippen LogP contribution >= 0.6 is 0 Å². The van der Waals surface area contributed by atoms with Crippen LogP contribution in [0.2, 0.25) is 0 Å². The van der Waals surface area contributed by atoms with Crippen LogP contribution in [0, 0.1) is 18.3 Å². The van der Waals surface area contributed by atoms with Gasteiger partial charge in [0.15, 0.2) is 0 Å². The number of benzene rings is 1. The fourth-order valence-corrected chi connectivity index (χ4v) is 10.8. The number of allylic oxidation sites excluding steroid dienone is 1. The molecular formula is C55H78N12O7. The summed E-state index contributed by atoms with van der Waals surface area (Å²) in [7, 11) is 3.30. The van der Waals surface area contributed by atoms with E-state index in [-0.39, 0.29) is 61.6 Å². The number of aromatic nitrogens is 4. The summed E-state index contributed by atoms with van der Waals surface area (Å²) in [6.07, 6.45) is 11.6. The number of hydrogen-bond donors (Lipinski definition) is 4. The molecule has 8 rings (SSSR count). The van der Waals surface area contributed by atoms with E-state index >= 15 is 0 Å². The van der Waals surface area contributed by atoms with E-state index in [2.05, 4.69) is 93.5 Å². The highest BCUT2D eigenvalue weighted by Gasteiger charge is 2.40. The highest BCUT2D eigenvalue weighted by Crippen LogP contribution is 2.40. The van der Waals surface area contributed by atoms with Gasteiger partial charge in [-0.3, -0.25) is 29.3 Å². The maximum atomic E-state index is 14.9. The predicted octanol–water partition coefficient (Wildman–Crippen LogP) is 6.38. The number of nitrogens with zero attached hydrogens (tertiary/aromatic N) is 8. The van der Waals surface area contributed by atoms with Crippen molar-refractivity contribution in [2.75, 3.05) is 71.9 Å². The molecule has 6 bridgehead atoms. The van der Waals surface area contributed by atoms with Gasteiger partial charge in [-0.15, -0.1) is 5.10 Å². The number of piperidine rings is 1. The van der Waals surface area contributed by atoms with Gasteiger partial charge in [-0.05, 0) is 125 Å². The smallest absolute Gasteiger partial charge is 0.344 e. The molecule has 19 nitrogen and oxygen atoms in total. The Morgan fingerprint density at radius 1 is 1.03 bits per heavy atom. The number of hydrogen-bond acceptors (Lipinski definition) is 13. The first-order valence-corrected chi connectivity index (χ1v) is 26.7. The first-order valence-electron chi connectivity index (χ1n) is 26.7. The molecule has 6 atom stereocenters. The van der Waals surface area contributed by atoms with Crippen LogP contribution in [0.1, 0.15) is 139 Å². The second-order valence-corrected chi connectivity index (χ2v) is 21.9. The summed E-state index contributed by atoms with van der Waals surface area (Å²) in [6.45, 7) is 17.0. The number of likely N-dealkylation sites (tertiary alicyclic amines) is 1. The molecule has 4 N–H and O–H groups in total. The molecule has 1 aromatic carbocycles. The number of urea groups is 1. The number of esters is 1. The average Bonchev–Trinajstić information content (AvgIpc) is 4.16. The van der Waals surface area contributed by atoms with Crippen LogP contribution in [0.4, 0.5) is 15.3 Å². The van der Waals surface area contributed by atoms with Gasteiger partial charge in [0.1, 0.15) is 29.8 Å². The summed E-state index contributed by atoms with van der Waals surface area (Å²) in [5.41, 5.74) is 9.58. The molecule has 5 amide bonds. The number of nitrogens with one attached hydrogen (secondary N) is 4. The Bertz CT molecular complexity index is 2610. The fraction of sp³-hybridized carbons (Fsp3) is 0.600. The van der Waals surface area contributed by atoms with E-state index in [9.17, 15) is 24.0 Å². The zero-order valence-electron chi connectivity index (χ0n) is 44.9. The van der Waals surface area contributed by atoms with Crippen LogP contribution in [-0.2, 0) is 23.9 Å². The molecule has 3 aromatic rings. The lowest BCUT2D eigenvalue weighted by Crippen LogP contribution is -2.64. The monoisotopic (exact) mass is 1020 g/mol. The summed E-state index contributed by atoms with van der Waals surface area (Å²) in [4.78, 5) is 86.1. The van der Waals surface area contributed by atoms with Crippen molar-refractivity contribution < 1.29 is 33.4 Å². The van der Waals surface area contributed by atoms with E-state index in [1.807, 2.05) is 26.8 Å². The molecule has 2 aromatic heterocycles. The van der Waals surface area contributed by atoms with Crippen molar-refractivity contribution in [2.45, 2.75) is 136 Å². The minimum absolute atomic E-state index is 0.123. The first-order chi connectivity index (χ1) is 35.4. The summed E-state index contributed by atoms with van der Waals surface area (Å²) < 4.78 is 13.3.